The molecule has 2 N–H and O–H groups in total. The number of rotatable bonds is 7. The second-order valence-electron chi connectivity index (χ2n) is 7.08. The molecule has 0 aliphatic carbocycles. The van der Waals surface area contributed by atoms with E-state index in [4.69, 9.17) is 11.6 Å². The van der Waals surface area contributed by atoms with Gasteiger partial charge in [-0.1, -0.05) is 25.4 Å². The molecule has 2 aromatic heterocycles. The van der Waals surface area contributed by atoms with Crippen LogP contribution < -0.4 is 16.2 Å². The highest BCUT2D eigenvalue weighted by Gasteiger charge is 2.23. The summed E-state index contributed by atoms with van der Waals surface area (Å²) in [5.41, 5.74) is 0.970. The van der Waals surface area contributed by atoms with Gasteiger partial charge in [-0.15, -0.1) is 11.3 Å². The number of nitrogens with zero attached hydrogens (tertiary/aromatic N) is 2. The van der Waals surface area contributed by atoms with Gasteiger partial charge in [0.15, 0.2) is 0 Å². The van der Waals surface area contributed by atoms with Crippen molar-refractivity contribution in [1.29, 1.82) is 0 Å². The van der Waals surface area contributed by atoms with Crippen molar-refractivity contribution in [2.24, 2.45) is 5.92 Å². The number of thiophene rings is 1. The predicted octanol–water partition coefficient (Wildman–Crippen LogP) is 3.73. The molecule has 30 heavy (non-hydrogen) atoms. The van der Waals surface area contributed by atoms with Gasteiger partial charge in [-0.25, -0.2) is 0 Å². The Labute approximate surface area is 182 Å². The summed E-state index contributed by atoms with van der Waals surface area (Å²) in [6.07, 6.45) is 4.81. The average Bonchev–Trinajstić information content (AvgIpc) is 3.15. The number of anilines is 1. The van der Waals surface area contributed by atoms with Crippen LogP contribution in [0.4, 0.5) is 5.69 Å². The van der Waals surface area contributed by atoms with Gasteiger partial charge in [0.25, 0.3) is 11.5 Å². The highest BCUT2D eigenvalue weighted by Crippen LogP contribution is 2.22. The minimum Gasteiger partial charge on any atom is -0.340 e. The first-order valence-electron chi connectivity index (χ1n) is 9.33. The van der Waals surface area contributed by atoms with Crippen molar-refractivity contribution in [1.82, 2.24) is 14.9 Å². The smallest absolute Gasteiger partial charge is 0.273 e. The van der Waals surface area contributed by atoms with Crippen LogP contribution in [0.3, 0.4) is 0 Å². The van der Waals surface area contributed by atoms with E-state index < -0.39 is 6.04 Å². The maximum Gasteiger partial charge on any atom is 0.273 e. The maximum absolute atomic E-state index is 12.8. The first-order valence-corrected chi connectivity index (χ1v) is 10.5. The molecule has 0 radical (unpaired) electrons. The summed E-state index contributed by atoms with van der Waals surface area (Å²) in [5.74, 6) is -0.442. The van der Waals surface area contributed by atoms with Crippen molar-refractivity contribution in [3.05, 3.63) is 74.6 Å². The normalized spacial score (nSPS) is 11.9. The van der Waals surface area contributed by atoms with E-state index in [0.717, 1.165) is 11.3 Å². The van der Waals surface area contributed by atoms with E-state index in [1.54, 1.807) is 42.6 Å². The molecule has 3 aromatic rings. The summed E-state index contributed by atoms with van der Waals surface area (Å²) < 4.78 is 1.96. The van der Waals surface area contributed by atoms with E-state index in [1.807, 2.05) is 13.8 Å². The van der Waals surface area contributed by atoms with E-state index in [9.17, 15) is 14.4 Å². The number of carbonyl (C=O) groups excluding carboxylic acids is 2. The fourth-order valence-corrected chi connectivity index (χ4v) is 3.81. The number of benzene rings is 1. The van der Waals surface area contributed by atoms with Crippen LogP contribution in [0.1, 0.15) is 29.9 Å². The number of amides is 2. The van der Waals surface area contributed by atoms with E-state index in [0.29, 0.717) is 27.0 Å². The Balaban J connectivity index is 1.71. The van der Waals surface area contributed by atoms with Crippen molar-refractivity contribution < 1.29 is 9.59 Å². The van der Waals surface area contributed by atoms with Gasteiger partial charge in [0.1, 0.15) is 6.04 Å². The Morgan fingerprint density at radius 3 is 2.50 bits per heavy atom. The number of hydrogen-bond acceptors (Lipinski definition) is 5. The zero-order valence-corrected chi connectivity index (χ0v) is 18.0. The lowest BCUT2D eigenvalue weighted by Crippen LogP contribution is -2.44. The third-order valence-corrected chi connectivity index (χ3v) is 5.49. The van der Waals surface area contributed by atoms with Crippen molar-refractivity contribution in [3.8, 4) is 5.69 Å². The van der Waals surface area contributed by atoms with Crippen molar-refractivity contribution in [3.63, 3.8) is 0 Å². The number of aromatic nitrogens is 2. The van der Waals surface area contributed by atoms with E-state index in [1.165, 1.54) is 17.0 Å². The molecule has 0 aliphatic heterocycles. The second-order valence-corrected chi connectivity index (χ2v) is 8.80. The fourth-order valence-electron chi connectivity index (χ4n) is 2.86. The fraction of sp³-hybridized carbons (Fsp3) is 0.238. The standard InChI is InChI=1S/C21H21ClN4O3S/c1-13(2)11-16(25-21(29)17-7-8-18(22)30-17)20(28)24-14-3-5-15(6-4-14)26-10-9-23-12-19(26)27/h3-10,12-13,16H,11H2,1-2H3,(H,24,28)(H,25,29)/t16-/m0/s1. The van der Waals surface area contributed by atoms with Crippen LogP contribution in [0.15, 0.2) is 59.8 Å². The lowest BCUT2D eigenvalue weighted by Gasteiger charge is -2.20. The predicted molar refractivity (Wildman–Crippen MR) is 119 cm³/mol. The molecule has 3 rings (SSSR count). The summed E-state index contributed by atoms with van der Waals surface area (Å²) in [7, 11) is 0. The second kappa shape index (κ2) is 9.69. The monoisotopic (exact) mass is 444 g/mol. The topological polar surface area (TPSA) is 93.1 Å². The van der Waals surface area contributed by atoms with Gasteiger partial charge >= 0.3 is 0 Å². The zero-order valence-electron chi connectivity index (χ0n) is 16.5. The van der Waals surface area contributed by atoms with E-state index in [-0.39, 0.29) is 23.3 Å². The summed E-state index contributed by atoms with van der Waals surface area (Å²) >= 11 is 7.06. The molecule has 0 fully saturated rings. The van der Waals surface area contributed by atoms with Crippen LogP contribution >= 0.6 is 22.9 Å². The highest BCUT2D eigenvalue weighted by atomic mass is 35.5. The van der Waals surface area contributed by atoms with Crippen molar-refractivity contribution in [2.45, 2.75) is 26.3 Å². The van der Waals surface area contributed by atoms with Crippen LogP contribution in [-0.2, 0) is 4.79 Å². The third kappa shape index (κ3) is 5.55. The first-order chi connectivity index (χ1) is 14.3. The number of nitrogens with one attached hydrogen (secondary N) is 2. The molecule has 0 saturated carbocycles. The molecule has 0 saturated heterocycles. The molecule has 2 amide bonds. The SMILES string of the molecule is CC(C)C[C@H](NC(=O)c1ccc(Cl)s1)C(=O)Nc1ccc(-n2ccncc2=O)cc1. The van der Waals surface area contributed by atoms with Gasteiger partial charge in [-0.2, -0.15) is 0 Å². The van der Waals surface area contributed by atoms with Gasteiger partial charge in [-0.05, 0) is 48.7 Å². The quantitative estimate of drug-likeness (QED) is 0.580. The van der Waals surface area contributed by atoms with Gasteiger partial charge in [0, 0.05) is 23.8 Å². The molecule has 0 unspecified atom stereocenters. The van der Waals surface area contributed by atoms with Gasteiger partial charge in [-0.3, -0.25) is 23.9 Å². The Kier molecular flexibility index (Phi) is 7.02. The molecule has 0 bridgehead atoms. The molecule has 1 atom stereocenters. The lowest BCUT2D eigenvalue weighted by molar-refractivity contribution is -0.118. The Bertz CT molecular complexity index is 1090. The minimum atomic E-state index is -0.694. The molecule has 2 heterocycles. The van der Waals surface area contributed by atoms with Gasteiger partial charge in [0.05, 0.1) is 15.4 Å². The Morgan fingerprint density at radius 1 is 1.17 bits per heavy atom. The summed E-state index contributed by atoms with van der Waals surface area (Å²) in [6, 6.07) is 9.43. The summed E-state index contributed by atoms with van der Waals surface area (Å²) in [6.45, 7) is 3.96. The number of hydrogen-bond donors (Lipinski definition) is 2. The highest BCUT2D eigenvalue weighted by molar-refractivity contribution is 7.18. The molecule has 9 heteroatoms. The summed E-state index contributed by atoms with van der Waals surface area (Å²) in [5, 5.41) is 5.62. The molecule has 1 aromatic carbocycles. The van der Waals surface area contributed by atoms with Crippen LogP contribution in [0.5, 0.6) is 0 Å². The van der Waals surface area contributed by atoms with Gasteiger partial charge < -0.3 is 10.6 Å². The minimum absolute atomic E-state index is 0.203. The Hall–Kier alpha value is -2.97. The van der Waals surface area contributed by atoms with E-state index in [2.05, 4.69) is 15.6 Å². The first kappa shape index (κ1) is 21.7. The maximum atomic E-state index is 12.8. The number of carbonyl (C=O) groups is 2. The molecular formula is C21H21ClN4O3S. The molecular weight excluding hydrogens is 424 g/mol. The Morgan fingerprint density at radius 2 is 1.90 bits per heavy atom. The van der Waals surface area contributed by atoms with Crippen LogP contribution in [0.25, 0.3) is 5.69 Å². The average molecular weight is 445 g/mol. The largest absolute Gasteiger partial charge is 0.340 e. The molecule has 156 valence electrons. The van der Waals surface area contributed by atoms with Crippen LogP contribution in [-0.4, -0.2) is 27.4 Å². The lowest BCUT2D eigenvalue weighted by atomic mass is 10.0. The molecule has 0 aliphatic rings. The summed E-state index contributed by atoms with van der Waals surface area (Å²) in [4.78, 5) is 41.4. The van der Waals surface area contributed by atoms with Crippen LogP contribution in [0.2, 0.25) is 4.34 Å². The van der Waals surface area contributed by atoms with Gasteiger partial charge in [0.2, 0.25) is 5.91 Å². The van der Waals surface area contributed by atoms with Crippen LogP contribution in [0, 0.1) is 5.92 Å². The zero-order chi connectivity index (χ0) is 21.7. The third-order valence-electron chi connectivity index (χ3n) is 4.26. The molecule has 7 nitrogen and oxygen atoms in total. The van der Waals surface area contributed by atoms with Crippen molar-refractivity contribution in [2.75, 3.05) is 5.32 Å². The number of halogens is 1. The molecule has 0 spiro atoms. The van der Waals surface area contributed by atoms with Crippen molar-refractivity contribution >= 4 is 40.4 Å². The van der Waals surface area contributed by atoms with E-state index >= 15 is 0 Å².